The maximum atomic E-state index is 13.6. The molecule has 4 heteroatoms. The van der Waals surface area contributed by atoms with Crippen LogP contribution in [0.1, 0.15) is 15.9 Å². The smallest absolute Gasteiger partial charge is 0.193 e. The van der Waals surface area contributed by atoms with Crippen LogP contribution in [0.4, 0.5) is 4.39 Å². The summed E-state index contributed by atoms with van der Waals surface area (Å²) in [5, 5.41) is 2.16. The highest BCUT2D eigenvalue weighted by Gasteiger charge is 2.15. The van der Waals surface area contributed by atoms with Crippen molar-refractivity contribution in [1.29, 1.82) is 0 Å². The average Bonchev–Trinajstić information content (AvgIpc) is 2.50. The normalized spacial score (nSPS) is 10.8. The molecule has 0 fully saturated rings. The summed E-state index contributed by atoms with van der Waals surface area (Å²) in [6.07, 6.45) is 0. The molecule has 104 valence electrons. The third-order valence-corrected chi connectivity index (χ3v) is 4.27. The summed E-state index contributed by atoms with van der Waals surface area (Å²) in [5.74, 6) is -0.687. The molecule has 1 nitrogen and oxygen atoms in total. The summed E-state index contributed by atoms with van der Waals surface area (Å²) in [7, 11) is 0. The Morgan fingerprint density at radius 3 is 2.43 bits per heavy atom. The fourth-order valence-electron chi connectivity index (χ4n) is 2.25. The van der Waals surface area contributed by atoms with Gasteiger partial charge in [-0.3, -0.25) is 4.79 Å². The molecule has 0 aliphatic carbocycles. The van der Waals surface area contributed by atoms with Gasteiger partial charge in [-0.1, -0.05) is 35.9 Å². The molecule has 0 radical (unpaired) electrons. The number of hydrogen-bond donors (Lipinski definition) is 0. The molecule has 0 aliphatic rings. The molecule has 0 saturated heterocycles. The second-order valence-electron chi connectivity index (χ2n) is 4.60. The fraction of sp³-hybridized carbons (Fsp3) is 0. The van der Waals surface area contributed by atoms with Gasteiger partial charge in [0.15, 0.2) is 5.78 Å². The molecule has 0 saturated carbocycles. The Morgan fingerprint density at radius 1 is 1.00 bits per heavy atom. The van der Waals surface area contributed by atoms with Gasteiger partial charge in [0.2, 0.25) is 0 Å². The predicted molar refractivity (Wildman–Crippen MR) is 86.5 cm³/mol. The van der Waals surface area contributed by atoms with Gasteiger partial charge in [0.1, 0.15) is 5.82 Å². The van der Waals surface area contributed by atoms with E-state index in [9.17, 15) is 9.18 Å². The van der Waals surface area contributed by atoms with Gasteiger partial charge < -0.3 is 0 Å². The van der Waals surface area contributed by atoms with Crippen LogP contribution in [0, 0.1) is 5.82 Å². The molecule has 21 heavy (non-hydrogen) atoms. The van der Waals surface area contributed by atoms with Gasteiger partial charge in [-0.15, -0.1) is 0 Å². The van der Waals surface area contributed by atoms with Crippen LogP contribution < -0.4 is 0 Å². The van der Waals surface area contributed by atoms with Crippen molar-refractivity contribution in [1.82, 2.24) is 0 Å². The van der Waals surface area contributed by atoms with Crippen molar-refractivity contribution in [3.8, 4) is 0 Å². The molecule has 0 bridgehead atoms. The van der Waals surface area contributed by atoms with Crippen molar-refractivity contribution in [2.24, 2.45) is 0 Å². The monoisotopic (exact) mass is 362 g/mol. The predicted octanol–water partition coefficient (Wildman–Crippen LogP) is 5.63. The Kier molecular flexibility index (Phi) is 3.79. The van der Waals surface area contributed by atoms with Crippen molar-refractivity contribution in [2.75, 3.05) is 0 Å². The SMILES string of the molecule is O=C(c1ccc(Br)c(F)c1)c1ccc(Cl)c2ccccc12. The fourth-order valence-corrected chi connectivity index (χ4v) is 2.73. The molecule has 0 N–H and O–H groups in total. The molecule has 0 aliphatic heterocycles. The van der Waals surface area contributed by atoms with E-state index < -0.39 is 5.82 Å². The number of ketones is 1. The Labute approximate surface area is 134 Å². The van der Waals surface area contributed by atoms with Crippen LogP contribution >= 0.6 is 27.5 Å². The van der Waals surface area contributed by atoms with E-state index in [0.717, 1.165) is 10.8 Å². The van der Waals surface area contributed by atoms with Gasteiger partial charge in [0.05, 0.1) is 4.47 Å². The number of fused-ring (bicyclic) bond motifs is 1. The van der Waals surface area contributed by atoms with Crippen molar-refractivity contribution in [3.63, 3.8) is 0 Å². The molecule has 0 spiro atoms. The Bertz CT molecular complexity index is 861. The second kappa shape index (κ2) is 5.58. The molecule has 3 rings (SSSR count). The quantitative estimate of drug-likeness (QED) is 0.540. The van der Waals surface area contributed by atoms with E-state index in [4.69, 9.17) is 11.6 Å². The molecule has 0 unspecified atom stereocenters. The highest BCUT2D eigenvalue weighted by Crippen LogP contribution is 2.28. The first kappa shape index (κ1) is 14.2. The van der Waals surface area contributed by atoms with Crippen LogP contribution in [0.2, 0.25) is 5.02 Å². The topological polar surface area (TPSA) is 17.1 Å². The Balaban J connectivity index is 2.18. The second-order valence-corrected chi connectivity index (χ2v) is 5.86. The van der Waals surface area contributed by atoms with E-state index >= 15 is 0 Å². The maximum absolute atomic E-state index is 13.6. The lowest BCUT2D eigenvalue weighted by Crippen LogP contribution is -2.03. The zero-order valence-corrected chi connectivity index (χ0v) is 13.1. The molecule has 0 amide bonds. The van der Waals surface area contributed by atoms with Crippen molar-refractivity contribution < 1.29 is 9.18 Å². The first-order valence-corrected chi connectivity index (χ1v) is 7.42. The van der Waals surface area contributed by atoms with E-state index in [1.807, 2.05) is 24.3 Å². The van der Waals surface area contributed by atoms with Crippen LogP contribution in [0.25, 0.3) is 10.8 Å². The minimum atomic E-state index is -0.459. The highest BCUT2D eigenvalue weighted by molar-refractivity contribution is 9.10. The first-order chi connectivity index (χ1) is 10.1. The van der Waals surface area contributed by atoms with Crippen LogP contribution in [-0.4, -0.2) is 5.78 Å². The third-order valence-electron chi connectivity index (χ3n) is 3.30. The van der Waals surface area contributed by atoms with Crippen molar-refractivity contribution in [3.05, 3.63) is 81.0 Å². The van der Waals surface area contributed by atoms with Crippen molar-refractivity contribution >= 4 is 44.1 Å². The van der Waals surface area contributed by atoms with Gasteiger partial charge in [0, 0.05) is 21.5 Å². The Hall–Kier alpha value is -1.71. The molecular weight excluding hydrogens is 355 g/mol. The van der Waals surface area contributed by atoms with Gasteiger partial charge >= 0.3 is 0 Å². The first-order valence-electron chi connectivity index (χ1n) is 6.25. The lowest BCUT2D eigenvalue weighted by Gasteiger charge is -2.08. The number of rotatable bonds is 2. The van der Waals surface area contributed by atoms with E-state index in [1.165, 1.54) is 12.1 Å². The van der Waals surface area contributed by atoms with Gasteiger partial charge in [-0.2, -0.15) is 0 Å². The number of halogens is 3. The van der Waals surface area contributed by atoms with Crippen LogP contribution in [-0.2, 0) is 0 Å². The number of carbonyl (C=O) groups is 1. The zero-order valence-electron chi connectivity index (χ0n) is 10.7. The minimum Gasteiger partial charge on any atom is -0.289 e. The molecule has 0 atom stereocenters. The van der Waals surface area contributed by atoms with E-state index in [0.29, 0.717) is 20.6 Å². The number of hydrogen-bond acceptors (Lipinski definition) is 1. The highest BCUT2D eigenvalue weighted by atomic mass is 79.9. The summed E-state index contributed by atoms with van der Waals surface area (Å²) in [5.41, 5.74) is 0.819. The standard InChI is InChI=1S/C17H9BrClFO/c18-14-7-5-10(9-16(14)20)17(21)13-6-8-15(19)12-4-2-1-3-11(12)13/h1-9H. The molecular formula is C17H9BrClFO. The van der Waals surface area contributed by atoms with Crippen molar-refractivity contribution in [2.45, 2.75) is 0 Å². The summed E-state index contributed by atoms with van der Waals surface area (Å²) >= 11 is 9.23. The number of benzene rings is 3. The Morgan fingerprint density at radius 2 is 1.71 bits per heavy atom. The molecule has 3 aromatic rings. The summed E-state index contributed by atoms with van der Waals surface area (Å²) in [6.45, 7) is 0. The maximum Gasteiger partial charge on any atom is 0.193 e. The summed E-state index contributed by atoms with van der Waals surface area (Å²) < 4.78 is 13.9. The lowest BCUT2D eigenvalue weighted by atomic mass is 9.97. The zero-order chi connectivity index (χ0) is 15.0. The van der Waals surface area contributed by atoms with Crippen LogP contribution in [0.5, 0.6) is 0 Å². The van der Waals surface area contributed by atoms with E-state index in [2.05, 4.69) is 15.9 Å². The molecule has 0 heterocycles. The van der Waals surface area contributed by atoms with Gasteiger partial charge in [0.25, 0.3) is 0 Å². The summed E-state index contributed by atoms with van der Waals surface area (Å²) in [4.78, 5) is 12.6. The van der Waals surface area contributed by atoms with E-state index in [-0.39, 0.29) is 5.78 Å². The summed E-state index contributed by atoms with van der Waals surface area (Å²) in [6, 6.07) is 15.1. The third kappa shape index (κ3) is 2.59. The largest absolute Gasteiger partial charge is 0.289 e. The van der Waals surface area contributed by atoms with Crippen LogP contribution in [0.3, 0.4) is 0 Å². The van der Waals surface area contributed by atoms with E-state index in [1.54, 1.807) is 18.2 Å². The lowest BCUT2D eigenvalue weighted by molar-refractivity contribution is 0.104. The average molecular weight is 364 g/mol. The number of carbonyl (C=O) groups excluding carboxylic acids is 1. The molecule has 0 aromatic heterocycles. The van der Waals surface area contributed by atoms with Gasteiger partial charge in [-0.25, -0.2) is 4.39 Å². The van der Waals surface area contributed by atoms with Gasteiger partial charge in [-0.05, 0) is 51.6 Å². The molecule has 3 aromatic carbocycles. The minimum absolute atomic E-state index is 0.228. The van der Waals surface area contributed by atoms with Crippen LogP contribution in [0.15, 0.2) is 59.1 Å².